The van der Waals surface area contributed by atoms with E-state index in [0.29, 0.717) is 17.7 Å². The average Bonchev–Trinajstić information content (AvgIpc) is 3.47. The first-order valence-electron chi connectivity index (χ1n) is 10.7. The maximum atomic E-state index is 13.4. The van der Waals surface area contributed by atoms with Crippen LogP contribution in [0.1, 0.15) is 48.4 Å². The fourth-order valence-electron chi connectivity index (χ4n) is 5.78. The van der Waals surface area contributed by atoms with Gasteiger partial charge in [0.15, 0.2) is 0 Å². The van der Waals surface area contributed by atoms with Crippen molar-refractivity contribution in [1.29, 1.82) is 0 Å². The van der Waals surface area contributed by atoms with Gasteiger partial charge in [0.1, 0.15) is 0 Å². The molecule has 148 valence electrons. The molecule has 1 aromatic carbocycles. The molecule has 0 N–H and O–H groups in total. The highest BCUT2D eigenvalue weighted by atomic mass is 32.1. The third kappa shape index (κ3) is 3.29. The number of aromatic nitrogens is 1. The number of carbonyl (C=O) groups is 1. The third-order valence-electron chi connectivity index (χ3n) is 7.12. The van der Waals surface area contributed by atoms with E-state index in [1.165, 1.54) is 41.1 Å². The summed E-state index contributed by atoms with van der Waals surface area (Å²) in [6.07, 6.45) is 6.60. The summed E-state index contributed by atoms with van der Waals surface area (Å²) in [4.78, 5) is 18.3. The summed E-state index contributed by atoms with van der Waals surface area (Å²) >= 11 is 1.53. The number of benzene rings is 1. The summed E-state index contributed by atoms with van der Waals surface area (Å²) in [5.41, 5.74) is 3.99. The molecule has 2 aliphatic heterocycles. The van der Waals surface area contributed by atoms with Crippen LogP contribution in [0, 0.1) is 24.7 Å². The Labute approximate surface area is 171 Å². The van der Waals surface area contributed by atoms with Gasteiger partial charge in [0.2, 0.25) is 5.91 Å². The van der Waals surface area contributed by atoms with E-state index in [9.17, 15) is 4.79 Å². The summed E-state index contributed by atoms with van der Waals surface area (Å²) in [6.45, 7) is 6.29. The quantitative estimate of drug-likeness (QED) is 0.776. The number of hydrogen-bond acceptors (Lipinski definition) is 4. The molecule has 1 amide bonds. The molecule has 3 heterocycles. The molecule has 3 aliphatic rings. The van der Waals surface area contributed by atoms with Crippen LogP contribution in [0.4, 0.5) is 0 Å². The maximum absolute atomic E-state index is 13.4. The second-order valence-electron chi connectivity index (χ2n) is 8.92. The van der Waals surface area contributed by atoms with Crippen molar-refractivity contribution in [2.24, 2.45) is 17.8 Å². The molecular weight excluding hydrogens is 366 g/mol. The largest absolute Gasteiger partial charge is 0.335 e. The van der Waals surface area contributed by atoms with Crippen LogP contribution < -0.4 is 0 Å². The zero-order valence-corrected chi connectivity index (χ0v) is 17.4. The molecule has 3 fully saturated rings. The fourth-order valence-corrected chi connectivity index (χ4v) is 6.31. The monoisotopic (exact) mass is 395 g/mol. The molecule has 0 radical (unpaired) electrons. The topological polar surface area (TPSA) is 36.4 Å². The van der Waals surface area contributed by atoms with Crippen LogP contribution in [0.15, 0.2) is 35.8 Å². The zero-order valence-electron chi connectivity index (χ0n) is 16.6. The Bertz CT molecular complexity index is 830. The van der Waals surface area contributed by atoms with E-state index in [4.69, 9.17) is 0 Å². The van der Waals surface area contributed by atoms with Gasteiger partial charge in [0.05, 0.1) is 6.04 Å². The van der Waals surface area contributed by atoms with Crippen molar-refractivity contribution in [2.75, 3.05) is 19.6 Å². The van der Waals surface area contributed by atoms with Crippen LogP contribution >= 0.6 is 11.5 Å². The number of nitrogens with zero attached hydrogens (tertiary/aromatic N) is 3. The highest BCUT2D eigenvalue weighted by Crippen LogP contribution is 2.47. The lowest BCUT2D eigenvalue weighted by molar-refractivity contribution is -0.137. The Morgan fingerprint density at radius 2 is 2.00 bits per heavy atom. The lowest BCUT2D eigenvalue weighted by Crippen LogP contribution is -2.38. The molecular formula is C23H29N3OS. The Balaban J connectivity index is 1.41. The van der Waals surface area contributed by atoms with Crippen molar-refractivity contribution in [2.45, 2.75) is 45.2 Å². The van der Waals surface area contributed by atoms with Crippen LogP contribution in [-0.2, 0) is 11.3 Å². The molecule has 2 saturated heterocycles. The smallest absolute Gasteiger partial charge is 0.226 e. The Morgan fingerprint density at radius 1 is 1.18 bits per heavy atom. The molecule has 4 nitrogen and oxygen atoms in total. The Hall–Kier alpha value is -1.72. The maximum Gasteiger partial charge on any atom is 0.226 e. The molecule has 1 saturated carbocycles. The molecule has 0 spiro atoms. The average molecular weight is 396 g/mol. The van der Waals surface area contributed by atoms with Gasteiger partial charge in [-0.25, -0.2) is 4.37 Å². The second kappa shape index (κ2) is 7.60. The van der Waals surface area contributed by atoms with Gasteiger partial charge in [0.25, 0.3) is 0 Å². The number of hydrogen-bond donors (Lipinski definition) is 0. The first-order valence-corrected chi connectivity index (χ1v) is 11.5. The molecule has 5 heteroatoms. The van der Waals surface area contributed by atoms with E-state index < -0.39 is 0 Å². The highest BCUT2D eigenvalue weighted by molar-refractivity contribution is 7.03. The number of aryl methyl sites for hydroxylation is 1. The minimum Gasteiger partial charge on any atom is -0.335 e. The van der Waals surface area contributed by atoms with E-state index in [1.54, 1.807) is 0 Å². The molecule has 1 aromatic heterocycles. The second-order valence-corrected chi connectivity index (χ2v) is 9.58. The highest BCUT2D eigenvalue weighted by Gasteiger charge is 2.50. The fraction of sp³-hybridized carbons (Fsp3) is 0.565. The molecule has 0 unspecified atom stereocenters. The Morgan fingerprint density at radius 3 is 2.75 bits per heavy atom. The SMILES string of the molecule is Cc1ccccc1[C@@H]1[C@H]2CN(Cc3cnsc3)C[C@H]2CN1C(=O)C1CCCC1. The van der Waals surface area contributed by atoms with Gasteiger partial charge in [-0.1, -0.05) is 37.1 Å². The molecule has 2 aromatic rings. The standard InChI is InChI=1S/C23H29N3OS/c1-16-6-2-5-9-20(16)22-21-14-25(11-17-10-24-28-15-17)12-19(21)13-26(22)23(27)18-7-3-4-8-18/h2,5-6,9-10,15,18-19,21-22H,3-4,7-8,11-14H2,1H3/t19-,21-,22+/m0/s1. The summed E-state index contributed by atoms with van der Waals surface area (Å²) in [5.74, 6) is 1.81. The first kappa shape index (κ1) is 18.3. The van der Waals surface area contributed by atoms with Crippen molar-refractivity contribution in [3.63, 3.8) is 0 Å². The van der Waals surface area contributed by atoms with Crippen LogP contribution in [0.2, 0.25) is 0 Å². The van der Waals surface area contributed by atoms with Crippen LogP contribution in [0.5, 0.6) is 0 Å². The van der Waals surface area contributed by atoms with Crippen molar-refractivity contribution >= 4 is 17.4 Å². The summed E-state index contributed by atoms with van der Waals surface area (Å²) in [5, 5.41) is 2.16. The van der Waals surface area contributed by atoms with Gasteiger partial charge in [-0.2, -0.15) is 0 Å². The van der Waals surface area contributed by atoms with Gasteiger partial charge < -0.3 is 4.90 Å². The Kier molecular flexibility index (Phi) is 4.97. The van der Waals surface area contributed by atoms with Gasteiger partial charge in [-0.15, -0.1) is 0 Å². The van der Waals surface area contributed by atoms with Gasteiger partial charge in [-0.05, 0) is 53.9 Å². The van der Waals surface area contributed by atoms with Crippen molar-refractivity contribution in [3.8, 4) is 0 Å². The summed E-state index contributed by atoms with van der Waals surface area (Å²) in [7, 11) is 0. The predicted octanol–water partition coefficient (Wildman–Crippen LogP) is 4.27. The summed E-state index contributed by atoms with van der Waals surface area (Å²) < 4.78 is 4.25. The van der Waals surface area contributed by atoms with Gasteiger partial charge >= 0.3 is 0 Å². The molecule has 0 bridgehead atoms. The van der Waals surface area contributed by atoms with E-state index in [-0.39, 0.29) is 12.0 Å². The molecule has 1 aliphatic carbocycles. The van der Waals surface area contributed by atoms with Crippen molar-refractivity contribution in [3.05, 3.63) is 52.5 Å². The molecule has 28 heavy (non-hydrogen) atoms. The normalized spacial score (nSPS) is 28.2. The van der Waals surface area contributed by atoms with Gasteiger partial charge in [0, 0.05) is 49.6 Å². The number of likely N-dealkylation sites (tertiary alicyclic amines) is 2. The van der Waals surface area contributed by atoms with E-state index >= 15 is 0 Å². The minimum atomic E-state index is 0.241. The number of amides is 1. The summed E-state index contributed by atoms with van der Waals surface area (Å²) in [6, 6.07) is 8.94. The third-order valence-corrected chi connectivity index (χ3v) is 7.76. The van der Waals surface area contributed by atoms with Gasteiger partial charge in [-0.3, -0.25) is 9.69 Å². The van der Waals surface area contributed by atoms with E-state index in [0.717, 1.165) is 39.0 Å². The first-order chi connectivity index (χ1) is 13.7. The molecule has 3 atom stereocenters. The lowest BCUT2D eigenvalue weighted by atomic mass is 9.87. The zero-order chi connectivity index (χ0) is 19.1. The van der Waals surface area contributed by atoms with E-state index in [1.807, 2.05) is 6.20 Å². The minimum absolute atomic E-state index is 0.241. The number of rotatable bonds is 4. The van der Waals surface area contributed by atoms with E-state index in [2.05, 4.69) is 50.7 Å². The van der Waals surface area contributed by atoms with Crippen molar-refractivity contribution in [1.82, 2.24) is 14.2 Å². The molecule has 5 rings (SSSR count). The van der Waals surface area contributed by atoms with Crippen LogP contribution in [0.3, 0.4) is 0 Å². The van der Waals surface area contributed by atoms with Crippen LogP contribution in [-0.4, -0.2) is 39.7 Å². The lowest BCUT2D eigenvalue weighted by Gasteiger charge is -2.32. The number of carbonyl (C=O) groups excluding carboxylic acids is 1. The van der Waals surface area contributed by atoms with Crippen LogP contribution in [0.25, 0.3) is 0 Å². The number of fused-ring (bicyclic) bond motifs is 1. The predicted molar refractivity (Wildman–Crippen MR) is 112 cm³/mol. The van der Waals surface area contributed by atoms with Crippen molar-refractivity contribution < 1.29 is 4.79 Å².